The van der Waals surface area contributed by atoms with Crippen molar-refractivity contribution >= 4 is 16.0 Å². The molecule has 1 aliphatic rings. The number of rotatable bonds is 8. The molecular formula is C14H19NO5S. The summed E-state index contributed by atoms with van der Waals surface area (Å²) in [7, 11) is -3.69. The summed E-state index contributed by atoms with van der Waals surface area (Å²) in [6, 6.07) is 6.09. The first-order chi connectivity index (χ1) is 9.89. The highest BCUT2D eigenvalue weighted by Crippen LogP contribution is 2.45. The SMILES string of the molecule is CCCOc1ccc(S(=O)(=O)NCC2(C(=O)O)CC2)cc1. The van der Waals surface area contributed by atoms with Gasteiger partial charge in [0.05, 0.1) is 16.9 Å². The van der Waals surface area contributed by atoms with Crippen LogP contribution >= 0.6 is 0 Å². The average molecular weight is 313 g/mol. The number of hydrogen-bond acceptors (Lipinski definition) is 4. The van der Waals surface area contributed by atoms with E-state index in [-0.39, 0.29) is 11.4 Å². The minimum Gasteiger partial charge on any atom is -0.494 e. The number of benzene rings is 1. The molecule has 116 valence electrons. The topological polar surface area (TPSA) is 92.7 Å². The molecule has 2 N–H and O–H groups in total. The highest BCUT2D eigenvalue weighted by Gasteiger charge is 2.50. The number of ether oxygens (including phenoxy) is 1. The second-order valence-electron chi connectivity index (χ2n) is 5.23. The quantitative estimate of drug-likeness (QED) is 0.761. The monoisotopic (exact) mass is 313 g/mol. The van der Waals surface area contributed by atoms with E-state index in [1.54, 1.807) is 12.1 Å². The number of aliphatic carboxylic acids is 1. The van der Waals surface area contributed by atoms with Crippen LogP contribution in [0.25, 0.3) is 0 Å². The zero-order valence-electron chi connectivity index (χ0n) is 11.8. The Kier molecular flexibility index (Phi) is 4.53. The van der Waals surface area contributed by atoms with Crippen molar-refractivity contribution < 1.29 is 23.1 Å². The van der Waals surface area contributed by atoms with Crippen molar-refractivity contribution in [2.45, 2.75) is 31.1 Å². The fourth-order valence-electron chi connectivity index (χ4n) is 1.87. The highest BCUT2D eigenvalue weighted by atomic mass is 32.2. The minimum absolute atomic E-state index is 0.0707. The number of sulfonamides is 1. The van der Waals surface area contributed by atoms with Gasteiger partial charge in [0, 0.05) is 6.54 Å². The third kappa shape index (κ3) is 3.74. The van der Waals surface area contributed by atoms with E-state index in [4.69, 9.17) is 9.84 Å². The van der Waals surface area contributed by atoms with Crippen LogP contribution in [0.5, 0.6) is 5.75 Å². The molecule has 1 aromatic carbocycles. The molecule has 0 saturated heterocycles. The van der Waals surface area contributed by atoms with Gasteiger partial charge in [-0.1, -0.05) is 6.92 Å². The molecule has 1 aliphatic carbocycles. The van der Waals surface area contributed by atoms with Crippen LogP contribution in [-0.2, 0) is 14.8 Å². The Balaban J connectivity index is 2.01. The van der Waals surface area contributed by atoms with Crippen LogP contribution < -0.4 is 9.46 Å². The molecule has 0 amide bonds. The highest BCUT2D eigenvalue weighted by molar-refractivity contribution is 7.89. The van der Waals surface area contributed by atoms with E-state index in [0.29, 0.717) is 25.2 Å². The van der Waals surface area contributed by atoms with Gasteiger partial charge in [0.15, 0.2) is 0 Å². The lowest BCUT2D eigenvalue weighted by molar-refractivity contribution is -0.143. The van der Waals surface area contributed by atoms with Crippen LogP contribution in [0.15, 0.2) is 29.2 Å². The van der Waals surface area contributed by atoms with Crippen molar-refractivity contribution in [3.05, 3.63) is 24.3 Å². The second kappa shape index (κ2) is 6.03. The van der Waals surface area contributed by atoms with Crippen molar-refractivity contribution in [3.63, 3.8) is 0 Å². The number of carbonyl (C=O) groups is 1. The summed E-state index contributed by atoms with van der Waals surface area (Å²) in [4.78, 5) is 11.1. The number of nitrogens with one attached hydrogen (secondary N) is 1. The van der Waals surface area contributed by atoms with E-state index in [0.717, 1.165) is 6.42 Å². The summed E-state index contributed by atoms with van der Waals surface area (Å²) in [5.41, 5.74) is -0.919. The van der Waals surface area contributed by atoms with Gasteiger partial charge in [-0.05, 0) is 43.5 Å². The van der Waals surface area contributed by atoms with E-state index in [1.807, 2.05) is 6.92 Å². The van der Waals surface area contributed by atoms with E-state index in [1.165, 1.54) is 12.1 Å². The molecule has 2 rings (SSSR count). The van der Waals surface area contributed by atoms with Gasteiger partial charge in [-0.25, -0.2) is 13.1 Å². The van der Waals surface area contributed by atoms with Gasteiger partial charge in [0.25, 0.3) is 0 Å². The number of carboxylic acids is 1. The van der Waals surface area contributed by atoms with Crippen LogP contribution in [0.3, 0.4) is 0 Å². The van der Waals surface area contributed by atoms with Crippen molar-refractivity contribution in [2.24, 2.45) is 5.41 Å². The fraction of sp³-hybridized carbons (Fsp3) is 0.500. The Hall–Kier alpha value is -1.60. The molecule has 0 unspecified atom stereocenters. The van der Waals surface area contributed by atoms with Gasteiger partial charge < -0.3 is 9.84 Å². The summed E-state index contributed by atoms with van der Waals surface area (Å²) in [6.07, 6.45) is 1.89. The molecule has 0 bridgehead atoms. The fourth-order valence-corrected chi connectivity index (χ4v) is 3.00. The van der Waals surface area contributed by atoms with Gasteiger partial charge in [0.1, 0.15) is 5.75 Å². The standard InChI is InChI=1S/C14H19NO5S/c1-2-9-20-11-3-5-12(6-4-11)21(18,19)15-10-14(7-8-14)13(16)17/h3-6,15H,2,7-10H2,1H3,(H,16,17). The molecule has 0 aliphatic heterocycles. The summed E-state index contributed by atoms with van der Waals surface area (Å²) < 4.78 is 32.0. The normalized spacial score (nSPS) is 16.4. The lowest BCUT2D eigenvalue weighted by Gasteiger charge is -2.12. The first-order valence-electron chi connectivity index (χ1n) is 6.85. The van der Waals surface area contributed by atoms with Crippen LogP contribution in [0, 0.1) is 5.41 Å². The van der Waals surface area contributed by atoms with Crippen LogP contribution in [-0.4, -0.2) is 32.6 Å². The van der Waals surface area contributed by atoms with Gasteiger partial charge >= 0.3 is 5.97 Å². The average Bonchev–Trinajstić information content (AvgIpc) is 3.25. The van der Waals surface area contributed by atoms with Crippen LogP contribution in [0.2, 0.25) is 0 Å². The van der Waals surface area contributed by atoms with E-state index >= 15 is 0 Å². The van der Waals surface area contributed by atoms with Crippen LogP contribution in [0.1, 0.15) is 26.2 Å². The maximum Gasteiger partial charge on any atom is 0.310 e. The Bertz CT molecular complexity index is 605. The van der Waals surface area contributed by atoms with Gasteiger partial charge in [-0.3, -0.25) is 4.79 Å². The summed E-state index contributed by atoms with van der Waals surface area (Å²) >= 11 is 0. The molecule has 21 heavy (non-hydrogen) atoms. The zero-order valence-corrected chi connectivity index (χ0v) is 12.6. The second-order valence-corrected chi connectivity index (χ2v) is 7.00. The molecule has 0 atom stereocenters. The molecule has 1 saturated carbocycles. The third-order valence-electron chi connectivity index (χ3n) is 3.51. The molecule has 1 aromatic rings. The first kappa shape index (κ1) is 15.8. The molecule has 6 nitrogen and oxygen atoms in total. The summed E-state index contributed by atoms with van der Waals surface area (Å²) in [5, 5.41) is 9.04. The van der Waals surface area contributed by atoms with E-state index in [9.17, 15) is 13.2 Å². The van der Waals surface area contributed by atoms with Gasteiger partial charge in [-0.15, -0.1) is 0 Å². The molecule has 0 heterocycles. The van der Waals surface area contributed by atoms with Crippen molar-refractivity contribution in [1.82, 2.24) is 4.72 Å². The zero-order chi connectivity index (χ0) is 15.5. The van der Waals surface area contributed by atoms with Gasteiger partial charge in [0.2, 0.25) is 10.0 Å². The molecule has 7 heteroatoms. The van der Waals surface area contributed by atoms with Crippen molar-refractivity contribution in [3.8, 4) is 5.75 Å². The predicted molar refractivity (Wildman–Crippen MR) is 76.7 cm³/mol. The largest absolute Gasteiger partial charge is 0.494 e. The number of carboxylic acid groups (broad SMARTS) is 1. The third-order valence-corrected chi connectivity index (χ3v) is 4.93. The molecular weight excluding hydrogens is 294 g/mol. The summed E-state index contributed by atoms with van der Waals surface area (Å²) in [5.74, 6) is -0.339. The molecule has 0 aromatic heterocycles. The van der Waals surface area contributed by atoms with Crippen molar-refractivity contribution in [2.75, 3.05) is 13.2 Å². The maximum absolute atomic E-state index is 12.1. The maximum atomic E-state index is 12.1. The molecule has 1 fully saturated rings. The lowest BCUT2D eigenvalue weighted by atomic mass is 10.1. The van der Waals surface area contributed by atoms with E-state index in [2.05, 4.69) is 4.72 Å². The molecule has 0 spiro atoms. The van der Waals surface area contributed by atoms with Gasteiger partial charge in [-0.2, -0.15) is 0 Å². The van der Waals surface area contributed by atoms with Crippen LogP contribution in [0.4, 0.5) is 0 Å². The Morgan fingerprint density at radius 1 is 1.33 bits per heavy atom. The Morgan fingerprint density at radius 3 is 2.43 bits per heavy atom. The van der Waals surface area contributed by atoms with Crippen molar-refractivity contribution in [1.29, 1.82) is 0 Å². The lowest BCUT2D eigenvalue weighted by Crippen LogP contribution is -2.34. The number of hydrogen-bond donors (Lipinski definition) is 2. The van der Waals surface area contributed by atoms with E-state index < -0.39 is 21.4 Å². The summed E-state index contributed by atoms with van der Waals surface area (Å²) in [6.45, 7) is 2.49. The smallest absolute Gasteiger partial charge is 0.310 e. The Morgan fingerprint density at radius 2 is 1.95 bits per heavy atom. The minimum atomic E-state index is -3.69. The first-order valence-corrected chi connectivity index (χ1v) is 8.34. The Labute approximate surface area is 124 Å². The predicted octanol–water partition coefficient (Wildman–Crippen LogP) is 1.62. The molecule has 0 radical (unpaired) electrons.